The number of hydrogen-bond acceptors (Lipinski definition) is 9. The van der Waals surface area contributed by atoms with Crippen LogP contribution in [0, 0.1) is 18.6 Å². The highest BCUT2D eigenvalue weighted by atomic mass is 19.1. The summed E-state index contributed by atoms with van der Waals surface area (Å²) in [7, 11) is 1.70. The number of nitrogens with zero attached hydrogens (tertiary/aromatic N) is 8. The lowest BCUT2D eigenvalue weighted by Crippen LogP contribution is -2.48. The molecule has 1 aliphatic heterocycles. The lowest BCUT2D eigenvalue weighted by atomic mass is 10.1. The fraction of sp³-hybridized carbons (Fsp3) is 0.267. The van der Waals surface area contributed by atoms with E-state index in [2.05, 4.69) is 36.8 Å². The minimum atomic E-state index is -0.564. The van der Waals surface area contributed by atoms with E-state index >= 15 is 4.39 Å². The number of amides is 1. The average Bonchev–Trinajstić information content (AvgIpc) is 3.42. The third-order valence-corrected chi connectivity index (χ3v) is 6.97. The number of nitrogens with one attached hydrogen (secondary N) is 1. The molecule has 43 heavy (non-hydrogen) atoms. The van der Waals surface area contributed by atoms with Gasteiger partial charge >= 0.3 is 0 Å². The fourth-order valence-electron chi connectivity index (χ4n) is 4.75. The Balaban J connectivity index is 0.00000180. The zero-order valence-corrected chi connectivity index (χ0v) is 24.3. The average molecular weight is 588 g/mol. The van der Waals surface area contributed by atoms with Crippen molar-refractivity contribution in [2.75, 3.05) is 36.4 Å². The molecule has 11 nitrogen and oxygen atoms in total. The topological polar surface area (TPSA) is 114 Å². The van der Waals surface area contributed by atoms with E-state index in [0.717, 1.165) is 0 Å². The Bertz CT molecular complexity index is 1820. The van der Waals surface area contributed by atoms with Crippen molar-refractivity contribution in [2.24, 2.45) is 7.05 Å². The Labute approximate surface area is 246 Å². The molecule has 1 aliphatic rings. The molecule has 6 rings (SSSR count). The van der Waals surface area contributed by atoms with Gasteiger partial charge in [0, 0.05) is 50.9 Å². The summed E-state index contributed by atoms with van der Waals surface area (Å²) < 4.78 is 37.5. The monoisotopic (exact) mass is 587 g/mol. The lowest BCUT2D eigenvalue weighted by Gasteiger charge is -2.34. The summed E-state index contributed by atoms with van der Waals surface area (Å²) in [6.45, 7) is 11.2. The first-order valence-corrected chi connectivity index (χ1v) is 13.8. The highest BCUT2D eigenvalue weighted by Gasteiger charge is 2.22. The van der Waals surface area contributed by atoms with Gasteiger partial charge in [-0.1, -0.05) is 20.4 Å². The van der Waals surface area contributed by atoms with Crippen LogP contribution in [0.25, 0.3) is 22.1 Å². The number of carbonyl (C=O) groups is 1. The van der Waals surface area contributed by atoms with Crippen LogP contribution < -0.4 is 15.0 Å². The van der Waals surface area contributed by atoms with Gasteiger partial charge in [-0.3, -0.25) is 4.79 Å². The van der Waals surface area contributed by atoms with Crippen LogP contribution in [0.3, 0.4) is 0 Å². The molecule has 1 saturated heterocycles. The van der Waals surface area contributed by atoms with Gasteiger partial charge in [0.2, 0.25) is 11.9 Å². The van der Waals surface area contributed by atoms with Crippen LogP contribution in [0.15, 0.2) is 55.8 Å². The number of fused-ring (bicyclic) bond motifs is 2. The van der Waals surface area contributed by atoms with Crippen LogP contribution in [0.4, 0.5) is 26.2 Å². The quantitative estimate of drug-likeness (QED) is 0.265. The van der Waals surface area contributed by atoms with Crippen LogP contribution in [0.5, 0.6) is 11.5 Å². The Morgan fingerprint density at radius 1 is 1.05 bits per heavy atom. The van der Waals surface area contributed by atoms with Gasteiger partial charge in [-0.2, -0.15) is 0 Å². The molecular weight excluding hydrogens is 556 g/mol. The molecule has 3 aromatic heterocycles. The normalized spacial score (nSPS) is 13.1. The second kappa shape index (κ2) is 12.3. The number of benzene rings is 2. The maximum atomic E-state index is 15.5. The Hall–Kier alpha value is -5.20. The molecule has 0 spiro atoms. The van der Waals surface area contributed by atoms with Gasteiger partial charge < -0.3 is 24.4 Å². The van der Waals surface area contributed by atoms with Gasteiger partial charge in [-0.05, 0) is 25.1 Å². The predicted molar refractivity (Wildman–Crippen MR) is 161 cm³/mol. The number of hydrogen-bond donors (Lipinski definition) is 1. The number of ether oxygens (including phenoxy) is 1. The summed E-state index contributed by atoms with van der Waals surface area (Å²) >= 11 is 0. The van der Waals surface area contributed by atoms with Crippen molar-refractivity contribution in [3.63, 3.8) is 0 Å². The van der Waals surface area contributed by atoms with Crippen molar-refractivity contribution in [1.29, 1.82) is 0 Å². The van der Waals surface area contributed by atoms with Crippen molar-refractivity contribution < 1.29 is 18.3 Å². The smallest absolute Gasteiger partial charge is 0.246 e. The minimum absolute atomic E-state index is 0.112. The third kappa shape index (κ3) is 5.78. The van der Waals surface area contributed by atoms with Gasteiger partial charge in [0.25, 0.3) is 0 Å². The molecule has 1 N–H and O–H groups in total. The Morgan fingerprint density at radius 2 is 1.81 bits per heavy atom. The molecule has 4 heterocycles. The molecule has 13 heteroatoms. The van der Waals surface area contributed by atoms with E-state index in [-0.39, 0.29) is 28.7 Å². The molecule has 222 valence electrons. The van der Waals surface area contributed by atoms with Crippen molar-refractivity contribution in [3.05, 3.63) is 73.0 Å². The first-order valence-electron chi connectivity index (χ1n) is 13.8. The minimum Gasteiger partial charge on any atom is -0.457 e. The number of rotatable bonds is 6. The fourth-order valence-corrected chi connectivity index (χ4v) is 4.75. The summed E-state index contributed by atoms with van der Waals surface area (Å²) in [6.07, 6.45) is 5.75. The van der Waals surface area contributed by atoms with Crippen molar-refractivity contribution in [3.8, 4) is 11.5 Å². The molecule has 0 atom stereocenters. The van der Waals surface area contributed by atoms with E-state index in [9.17, 15) is 9.18 Å². The molecule has 0 saturated carbocycles. The number of halogens is 2. The summed E-state index contributed by atoms with van der Waals surface area (Å²) in [5.41, 5.74) is 2.06. The number of carbonyl (C=O) groups excluding carboxylic acids is 1. The van der Waals surface area contributed by atoms with Crippen molar-refractivity contribution >= 4 is 45.4 Å². The van der Waals surface area contributed by atoms with Crippen LogP contribution in [0.1, 0.15) is 19.4 Å². The van der Waals surface area contributed by atoms with Crippen molar-refractivity contribution in [1.82, 2.24) is 34.4 Å². The largest absolute Gasteiger partial charge is 0.457 e. The standard InChI is InChI=1S/C28H25F2N9O2.C2H6/c1-4-23(40)38-7-9-39(10-8-38)28-31-13-21-25(36-28)27(33-14-32-21)35-19-5-6-22(16(2)24(19)30)41-17-11-18(29)26-20(12-17)34-15-37(26)3;1-2/h4-6,11-15H,1,7-10H2,2-3H3,(H,32,33,35);1-2H3. The Kier molecular flexibility index (Phi) is 8.41. The predicted octanol–water partition coefficient (Wildman–Crippen LogP) is 5.29. The molecule has 0 radical (unpaired) electrons. The second-order valence-electron chi connectivity index (χ2n) is 9.55. The lowest BCUT2D eigenvalue weighted by molar-refractivity contribution is -0.126. The van der Waals surface area contributed by atoms with Gasteiger partial charge in [-0.25, -0.2) is 33.7 Å². The van der Waals surface area contributed by atoms with Gasteiger partial charge in [0.05, 0.1) is 23.7 Å². The van der Waals surface area contributed by atoms with Crippen LogP contribution in [-0.2, 0) is 11.8 Å². The van der Waals surface area contributed by atoms with E-state index < -0.39 is 11.6 Å². The van der Waals surface area contributed by atoms with E-state index in [1.807, 2.05) is 18.7 Å². The number of anilines is 3. The summed E-state index contributed by atoms with van der Waals surface area (Å²) in [4.78, 5) is 37.4. The molecule has 5 aromatic rings. The molecular formula is C30H31F2N9O2. The third-order valence-electron chi connectivity index (χ3n) is 6.97. The molecule has 0 bridgehead atoms. The molecule has 1 fully saturated rings. The maximum Gasteiger partial charge on any atom is 0.246 e. The molecule has 0 unspecified atom stereocenters. The van der Waals surface area contributed by atoms with Crippen LogP contribution in [-0.4, -0.2) is 66.5 Å². The van der Waals surface area contributed by atoms with Crippen LogP contribution in [0.2, 0.25) is 0 Å². The SMILES string of the molecule is C=CC(=O)N1CCN(c2ncc3ncnc(Nc4ccc(Oc5cc(F)c6c(c5)ncn6C)c(C)c4F)c3n2)CC1.CC. The number of aromatic nitrogens is 6. The zero-order chi connectivity index (χ0) is 30.7. The van der Waals surface area contributed by atoms with Crippen molar-refractivity contribution in [2.45, 2.75) is 20.8 Å². The highest BCUT2D eigenvalue weighted by molar-refractivity contribution is 5.88. The molecule has 2 aromatic carbocycles. The zero-order valence-electron chi connectivity index (χ0n) is 24.3. The summed E-state index contributed by atoms with van der Waals surface area (Å²) in [5.74, 6) is 0.0297. The summed E-state index contributed by atoms with van der Waals surface area (Å²) in [6, 6.07) is 5.95. The maximum absolute atomic E-state index is 15.5. The first-order chi connectivity index (χ1) is 20.8. The first kappa shape index (κ1) is 29.3. The van der Waals surface area contributed by atoms with E-state index in [0.29, 0.717) is 60.0 Å². The molecule has 1 amide bonds. The summed E-state index contributed by atoms with van der Waals surface area (Å²) in [5, 5.41) is 3.02. The number of imidazole rings is 1. The van der Waals surface area contributed by atoms with E-state index in [1.54, 1.807) is 41.8 Å². The Morgan fingerprint density at radius 3 is 2.56 bits per heavy atom. The van der Waals surface area contributed by atoms with Gasteiger partial charge in [0.15, 0.2) is 17.5 Å². The highest BCUT2D eigenvalue weighted by Crippen LogP contribution is 2.34. The van der Waals surface area contributed by atoms with Crippen LogP contribution >= 0.6 is 0 Å². The second-order valence-corrected chi connectivity index (χ2v) is 9.55. The molecule has 0 aliphatic carbocycles. The number of piperazine rings is 1. The van der Waals surface area contributed by atoms with E-state index in [4.69, 9.17) is 4.74 Å². The van der Waals surface area contributed by atoms with Gasteiger partial charge in [-0.15, -0.1) is 0 Å². The number of aryl methyl sites for hydroxylation is 1. The van der Waals surface area contributed by atoms with Gasteiger partial charge in [0.1, 0.15) is 34.4 Å². The van der Waals surface area contributed by atoms with E-state index in [1.165, 1.54) is 30.9 Å².